The first kappa shape index (κ1) is 9.01. The molecule has 1 atom stereocenters. The lowest BCUT2D eigenvalue weighted by molar-refractivity contribution is 0.322. The minimum absolute atomic E-state index is 0.797. The number of rotatable bonds is 3. The van der Waals surface area contributed by atoms with Gasteiger partial charge in [-0.2, -0.15) is 0 Å². The van der Waals surface area contributed by atoms with Crippen LogP contribution in [0.5, 0.6) is 0 Å². The zero-order valence-electron chi connectivity index (χ0n) is 7.77. The highest BCUT2D eigenvalue weighted by molar-refractivity contribution is 4.72. The van der Waals surface area contributed by atoms with E-state index in [2.05, 4.69) is 24.3 Å². The molecule has 1 N–H and O–H groups in total. The van der Waals surface area contributed by atoms with Gasteiger partial charge in [0.25, 0.3) is 0 Å². The third-order valence-corrected chi connectivity index (χ3v) is 2.34. The first-order valence-corrected chi connectivity index (χ1v) is 4.67. The fourth-order valence-corrected chi connectivity index (χ4v) is 1.58. The van der Waals surface area contributed by atoms with Crippen molar-refractivity contribution in [3.63, 3.8) is 0 Å². The van der Waals surface area contributed by atoms with Crippen LogP contribution in [0.2, 0.25) is 0 Å². The summed E-state index contributed by atoms with van der Waals surface area (Å²) < 4.78 is 0. The van der Waals surface area contributed by atoms with Gasteiger partial charge in [-0.15, -0.1) is 0 Å². The largest absolute Gasteiger partial charge is 0.314 e. The van der Waals surface area contributed by atoms with E-state index >= 15 is 0 Å². The Balaban J connectivity index is 2.05. The van der Waals surface area contributed by atoms with Crippen molar-refractivity contribution < 1.29 is 0 Å². The van der Waals surface area contributed by atoms with Crippen LogP contribution < -0.4 is 5.32 Å². The topological polar surface area (TPSA) is 15.3 Å². The molecule has 0 aromatic rings. The van der Waals surface area contributed by atoms with E-state index in [0.717, 1.165) is 6.04 Å². The van der Waals surface area contributed by atoms with Crippen molar-refractivity contribution in [1.29, 1.82) is 0 Å². The summed E-state index contributed by atoms with van der Waals surface area (Å²) in [5.74, 6) is 0. The molecule has 1 aliphatic rings. The molecular weight excluding hydrogens is 136 g/mol. The van der Waals surface area contributed by atoms with Gasteiger partial charge in [0.15, 0.2) is 0 Å². The fourth-order valence-electron chi connectivity index (χ4n) is 1.58. The number of nitrogens with one attached hydrogen (secondary N) is 1. The molecule has 1 rings (SSSR count). The summed E-state index contributed by atoms with van der Waals surface area (Å²) in [7, 11) is 4.28. The van der Waals surface area contributed by atoms with Crippen molar-refractivity contribution in [3.05, 3.63) is 0 Å². The zero-order chi connectivity index (χ0) is 8.10. The molecule has 0 radical (unpaired) electrons. The Hall–Kier alpha value is -0.0800. The van der Waals surface area contributed by atoms with Crippen LogP contribution in [0.3, 0.4) is 0 Å². The van der Waals surface area contributed by atoms with Crippen LogP contribution in [0.25, 0.3) is 0 Å². The van der Waals surface area contributed by atoms with E-state index in [1.165, 1.54) is 38.8 Å². The molecule has 0 aliphatic carbocycles. The Labute approximate surface area is 70.0 Å². The van der Waals surface area contributed by atoms with Crippen molar-refractivity contribution >= 4 is 0 Å². The number of hydrogen-bond donors (Lipinski definition) is 1. The second kappa shape index (κ2) is 4.73. The Morgan fingerprint density at radius 1 is 1.36 bits per heavy atom. The first-order chi connectivity index (χ1) is 5.29. The molecule has 66 valence electrons. The van der Waals surface area contributed by atoms with Crippen LogP contribution in [-0.2, 0) is 0 Å². The Kier molecular flexibility index (Phi) is 3.87. The van der Waals surface area contributed by atoms with E-state index in [-0.39, 0.29) is 0 Å². The summed E-state index contributed by atoms with van der Waals surface area (Å²) in [4.78, 5) is 2.26. The molecule has 1 heterocycles. The molecule has 2 nitrogen and oxygen atoms in total. The molecule has 0 spiro atoms. The summed E-state index contributed by atoms with van der Waals surface area (Å²) in [6.45, 7) is 2.45. The molecule has 0 bridgehead atoms. The second-order valence-electron chi connectivity index (χ2n) is 3.74. The third kappa shape index (κ3) is 3.73. The smallest absolute Gasteiger partial charge is 0.00792 e. The summed E-state index contributed by atoms with van der Waals surface area (Å²) >= 11 is 0. The maximum Gasteiger partial charge on any atom is 0.00792 e. The quantitative estimate of drug-likeness (QED) is 0.658. The SMILES string of the molecule is CN(C)CC[C@@H]1CCCCN1. The molecule has 0 aromatic carbocycles. The first-order valence-electron chi connectivity index (χ1n) is 4.67. The van der Waals surface area contributed by atoms with Crippen molar-refractivity contribution in [2.45, 2.75) is 31.7 Å². The lowest BCUT2D eigenvalue weighted by Crippen LogP contribution is -2.36. The molecule has 2 heteroatoms. The summed E-state index contributed by atoms with van der Waals surface area (Å²) in [5, 5.41) is 3.55. The van der Waals surface area contributed by atoms with Crippen LogP contribution in [0.15, 0.2) is 0 Å². The molecule has 0 unspecified atom stereocenters. The average Bonchev–Trinajstić information content (AvgIpc) is 2.03. The number of piperidine rings is 1. The Morgan fingerprint density at radius 3 is 2.73 bits per heavy atom. The van der Waals surface area contributed by atoms with E-state index in [1.54, 1.807) is 0 Å². The highest BCUT2D eigenvalue weighted by Gasteiger charge is 2.11. The minimum atomic E-state index is 0.797. The monoisotopic (exact) mass is 156 g/mol. The third-order valence-electron chi connectivity index (χ3n) is 2.34. The van der Waals surface area contributed by atoms with E-state index in [4.69, 9.17) is 0 Å². The predicted molar refractivity (Wildman–Crippen MR) is 48.8 cm³/mol. The molecule has 1 saturated heterocycles. The molecule has 0 aromatic heterocycles. The summed E-state index contributed by atoms with van der Waals surface area (Å²) in [6.07, 6.45) is 5.49. The zero-order valence-corrected chi connectivity index (χ0v) is 7.77. The Bertz CT molecular complexity index is 95.7. The van der Waals surface area contributed by atoms with Gasteiger partial charge >= 0.3 is 0 Å². The van der Waals surface area contributed by atoms with Crippen molar-refractivity contribution in [2.24, 2.45) is 0 Å². The molecule has 0 saturated carbocycles. The van der Waals surface area contributed by atoms with Crippen LogP contribution in [0.4, 0.5) is 0 Å². The lowest BCUT2D eigenvalue weighted by atomic mass is 10.0. The molecule has 11 heavy (non-hydrogen) atoms. The second-order valence-corrected chi connectivity index (χ2v) is 3.74. The highest BCUT2D eigenvalue weighted by atomic mass is 15.1. The van der Waals surface area contributed by atoms with Crippen LogP contribution >= 0.6 is 0 Å². The van der Waals surface area contributed by atoms with Crippen LogP contribution in [-0.4, -0.2) is 38.1 Å². The summed E-state index contributed by atoms with van der Waals surface area (Å²) in [5.41, 5.74) is 0. The van der Waals surface area contributed by atoms with E-state index in [9.17, 15) is 0 Å². The summed E-state index contributed by atoms with van der Waals surface area (Å²) in [6, 6.07) is 0.797. The number of nitrogens with zero attached hydrogens (tertiary/aromatic N) is 1. The maximum absolute atomic E-state index is 3.55. The van der Waals surface area contributed by atoms with E-state index < -0.39 is 0 Å². The predicted octanol–water partition coefficient (Wildman–Crippen LogP) is 1.08. The fraction of sp³-hybridized carbons (Fsp3) is 1.00. The molecule has 1 aliphatic heterocycles. The minimum Gasteiger partial charge on any atom is -0.314 e. The van der Waals surface area contributed by atoms with Crippen LogP contribution in [0, 0.1) is 0 Å². The van der Waals surface area contributed by atoms with Gasteiger partial charge in [0.1, 0.15) is 0 Å². The Morgan fingerprint density at radius 2 is 2.18 bits per heavy atom. The van der Waals surface area contributed by atoms with Gasteiger partial charge in [0.05, 0.1) is 0 Å². The van der Waals surface area contributed by atoms with Gasteiger partial charge in [0, 0.05) is 6.04 Å². The van der Waals surface area contributed by atoms with E-state index in [1.807, 2.05) is 0 Å². The van der Waals surface area contributed by atoms with Crippen LogP contribution in [0.1, 0.15) is 25.7 Å². The van der Waals surface area contributed by atoms with Gasteiger partial charge in [0.2, 0.25) is 0 Å². The van der Waals surface area contributed by atoms with Gasteiger partial charge in [-0.05, 0) is 46.4 Å². The normalized spacial score (nSPS) is 25.9. The van der Waals surface area contributed by atoms with Gasteiger partial charge in [-0.25, -0.2) is 0 Å². The highest BCUT2D eigenvalue weighted by Crippen LogP contribution is 2.09. The number of hydrogen-bond acceptors (Lipinski definition) is 2. The van der Waals surface area contributed by atoms with Crippen molar-refractivity contribution in [3.8, 4) is 0 Å². The van der Waals surface area contributed by atoms with Gasteiger partial charge < -0.3 is 10.2 Å². The van der Waals surface area contributed by atoms with Gasteiger partial charge in [-0.1, -0.05) is 6.42 Å². The van der Waals surface area contributed by atoms with Crippen molar-refractivity contribution in [1.82, 2.24) is 10.2 Å². The molecular formula is C9H20N2. The molecule has 0 amide bonds. The average molecular weight is 156 g/mol. The van der Waals surface area contributed by atoms with Gasteiger partial charge in [-0.3, -0.25) is 0 Å². The lowest BCUT2D eigenvalue weighted by Gasteiger charge is -2.24. The van der Waals surface area contributed by atoms with Crippen molar-refractivity contribution in [2.75, 3.05) is 27.2 Å². The molecule has 1 fully saturated rings. The van der Waals surface area contributed by atoms with E-state index in [0.29, 0.717) is 0 Å². The standard InChI is InChI=1S/C9H20N2/c1-11(2)8-6-9-5-3-4-7-10-9/h9-10H,3-8H2,1-2H3/t9-/m0/s1. The maximum atomic E-state index is 3.55.